The largest absolute Gasteiger partial charge is 0.366 e. The molecule has 1 aromatic carbocycles. The topological polar surface area (TPSA) is 111 Å². The number of hydrogen-bond donors (Lipinski definition) is 1. The van der Waals surface area contributed by atoms with Gasteiger partial charge in [-0.1, -0.05) is 18.2 Å². The lowest BCUT2D eigenvalue weighted by molar-refractivity contribution is -0.385. The summed E-state index contributed by atoms with van der Waals surface area (Å²) in [5.74, 6) is 0.289. The highest BCUT2D eigenvalue weighted by atomic mass is 16.6. The minimum Gasteiger partial charge on any atom is -0.366 e. The van der Waals surface area contributed by atoms with E-state index in [1.807, 2.05) is 0 Å². The molecule has 0 unspecified atom stereocenters. The molecule has 1 aromatic heterocycles. The number of pyridine rings is 1. The molecule has 0 aliphatic rings. The molecule has 0 spiro atoms. The summed E-state index contributed by atoms with van der Waals surface area (Å²) in [4.78, 5) is 24.4. The molecular formula is C12H10N4O4. The van der Waals surface area contributed by atoms with Crippen LogP contribution in [0.2, 0.25) is 0 Å². The van der Waals surface area contributed by atoms with Crippen LogP contribution >= 0.6 is 0 Å². The van der Waals surface area contributed by atoms with E-state index in [4.69, 9.17) is 0 Å². The van der Waals surface area contributed by atoms with Crippen LogP contribution in [0.5, 0.6) is 0 Å². The average Bonchev–Trinajstić information content (AvgIpc) is 2.45. The first-order valence-electron chi connectivity index (χ1n) is 5.64. The van der Waals surface area contributed by atoms with E-state index in [1.165, 1.54) is 24.4 Å². The van der Waals surface area contributed by atoms with Gasteiger partial charge in [-0.3, -0.25) is 20.2 Å². The van der Waals surface area contributed by atoms with E-state index in [-0.39, 0.29) is 23.7 Å². The molecule has 8 heteroatoms. The van der Waals surface area contributed by atoms with E-state index in [0.717, 1.165) is 0 Å². The van der Waals surface area contributed by atoms with Gasteiger partial charge in [0.2, 0.25) is 0 Å². The molecule has 2 rings (SSSR count). The van der Waals surface area contributed by atoms with Gasteiger partial charge < -0.3 is 5.32 Å². The highest BCUT2D eigenvalue weighted by Gasteiger charge is 2.12. The maximum atomic E-state index is 10.8. The molecular weight excluding hydrogens is 264 g/mol. The number of aromatic nitrogens is 1. The predicted molar refractivity (Wildman–Crippen MR) is 71.3 cm³/mol. The lowest BCUT2D eigenvalue weighted by Gasteiger charge is -2.05. The monoisotopic (exact) mass is 274 g/mol. The van der Waals surface area contributed by atoms with Crippen LogP contribution in [-0.2, 0) is 6.54 Å². The smallest absolute Gasteiger partial charge is 0.274 e. The van der Waals surface area contributed by atoms with Gasteiger partial charge in [-0.15, -0.1) is 0 Å². The van der Waals surface area contributed by atoms with Gasteiger partial charge in [0.05, 0.1) is 15.9 Å². The molecule has 20 heavy (non-hydrogen) atoms. The fourth-order valence-electron chi connectivity index (χ4n) is 1.65. The van der Waals surface area contributed by atoms with Crippen molar-refractivity contribution in [1.82, 2.24) is 4.98 Å². The minimum atomic E-state index is -0.530. The second kappa shape index (κ2) is 5.74. The molecule has 1 heterocycles. The van der Waals surface area contributed by atoms with E-state index in [9.17, 15) is 20.2 Å². The van der Waals surface area contributed by atoms with Gasteiger partial charge in [-0.05, 0) is 0 Å². The second-order valence-electron chi connectivity index (χ2n) is 3.90. The quantitative estimate of drug-likeness (QED) is 0.662. The summed E-state index contributed by atoms with van der Waals surface area (Å²) in [5, 5.41) is 24.3. The number of nitro groups is 2. The number of nitro benzene ring substituents is 1. The standard InChI is InChI=1S/C12H10N4O4/c17-15(18)10-5-6-13-12(7-10)14-8-9-3-1-2-4-11(9)16(19)20/h1-7H,8H2,(H,13,14). The summed E-state index contributed by atoms with van der Waals surface area (Å²) in [7, 11) is 0. The van der Waals surface area contributed by atoms with Crippen LogP contribution in [0.15, 0.2) is 42.6 Å². The Morgan fingerprint density at radius 1 is 1.10 bits per heavy atom. The number of anilines is 1. The second-order valence-corrected chi connectivity index (χ2v) is 3.90. The molecule has 0 saturated carbocycles. The van der Waals surface area contributed by atoms with Crippen molar-refractivity contribution in [2.45, 2.75) is 6.54 Å². The van der Waals surface area contributed by atoms with Gasteiger partial charge >= 0.3 is 0 Å². The maximum Gasteiger partial charge on any atom is 0.274 e. The normalized spacial score (nSPS) is 10.0. The molecule has 2 aromatic rings. The Morgan fingerprint density at radius 2 is 1.85 bits per heavy atom. The number of para-hydroxylation sites is 1. The molecule has 0 saturated heterocycles. The van der Waals surface area contributed by atoms with E-state index in [2.05, 4.69) is 10.3 Å². The van der Waals surface area contributed by atoms with Gasteiger partial charge in [-0.2, -0.15) is 0 Å². The van der Waals surface area contributed by atoms with Gasteiger partial charge in [0, 0.05) is 30.4 Å². The van der Waals surface area contributed by atoms with Crippen molar-refractivity contribution in [1.29, 1.82) is 0 Å². The fraction of sp³-hybridized carbons (Fsp3) is 0.0833. The molecule has 0 bridgehead atoms. The zero-order chi connectivity index (χ0) is 14.5. The zero-order valence-corrected chi connectivity index (χ0v) is 10.2. The third-order valence-corrected chi connectivity index (χ3v) is 2.60. The van der Waals surface area contributed by atoms with Crippen molar-refractivity contribution < 1.29 is 9.85 Å². The van der Waals surface area contributed by atoms with Crippen molar-refractivity contribution >= 4 is 17.2 Å². The molecule has 0 aliphatic heterocycles. The number of nitrogens with zero attached hydrogens (tertiary/aromatic N) is 3. The van der Waals surface area contributed by atoms with E-state index < -0.39 is 9.85 Å². The summed E-state index contributed by atoms with van der Waals surface area (Å²) in [5.41, 5.74) is 0.376. The van der Waals surface area contributed by atoms with Gasteiger partial charge in [-0.25, -0.2) is 4.98 Å². The first-order valence-corrected chi connectivity index (χ1v) is 5.64. The van der Waals surface area contributed by atoms with Crippen LogP contribution in [0.3, 0.4) is 0 Å². The van der Waals surface area contributed by atoms with Crippen LogP contribution < -0.4 is 5.32 Å². The Morgan fingerprint density at radius 3 is 2.55 bits per heavy atom. The lowest BCUT2D eigenvalue weighted by Crippen LogP contribution is -2.04. The van der Waals surface area contributed by atoms with Crippen molar-refractivity contribution in [3.63, 3.8) is 0 Å². The van der Waals surface area contributed by atoms with Gasteiger partial charge in [0.25, 0.3) is 11.4 Å². The number of nitrogens with one attached hydrogen (secondary N) is 1. The first kappa shape index (κ1) is 13.4. The average molecular weight is 274 g/mol. The number of benzene rings is 1. The Hall–Kier alpha value is -3.03. The Balaban J connectivity index is 2.15. The highest BCUT2D eigenvalue weighted by molar-refractivity contribution is 5.47. The predicted octanol–water partition coefficient (Wildman–Crippen LogP) is 2.51. The van der Waals surface area contributed by atoms with E-state index in [1.54, 1.807) is 18.2 Å². The molecule has 0 aliphatic carbocycles. The van der Waals surface area contributed by atoms with E-state index >= 15 is 0 Å². The summed E-state index contributed by atoms with van der Waals surface area (Å²) >= 11 is 0. The summed E-state index contributed by atoms with van der Waals surface area (Å²) in [6.45, 7) is 0.158. The Bertz CT molecular complexity index is 659. The van der Waals surface area contributed by atoms with E-state index in [0.29, 0.717) is 5.56 Å². The number of hydrogen-bond acceptors (Lipinski definition) is 6. The van der Waals surface area contributed by atoms with Crippen LogP contribution in [0.4, 0.5) is 17.2 Å². The zero-order valence-electron chi connectivity index (χ0n) is 10.2. The first-order chi connectivity index (χ1) is 9.58. The third-order valence-electron chi connectivity index (χ3n) is 2.60. The van der Waals surface area contributed by atoms with Crippen LogP contribution in [-0.4, -0.2) is 14.8 Å². The molecule has 102 valence electrons. The molecule has 8 nitrogen and oxygen atoms in total. The molecule has 0 fully saturated rings. The highest BCUT2D eigenvalue weighted by Crippen LogP contribution is 2.20. The summed E-state index contributed by atoms with van der Waals surface area (Å²) < 4.78 is 0. The fourth-order valence-corrected chi connectivity index (χ4v) is 1.65. The minimum absolute atomic E-state index is 0.00886. The SMILES string of the molecule is O=[N+]([O-])c1ccnc(NCc2ccccc2[N+](=O)[O-])c1. The maximum absolute atomic E-state index is 10.8. The van der Waals surface area contributed by atoms with Crippen molar-refractivity contribution in [2.24, 2.45) is 0 Å². The Kier molecular flexibility index (Phi) is 3.85. The van der Waals surface area contributed by atoms with Crippen LogP contribution in [0.1, 0.15) is 5.56 Å². The molecule has 1 N–H and O–H groups in total. The molecule has 0 amide bonds. The summed E-state index contributed by atoms with van der Waals surface area (Å²) in [6.07, 6.45) is 1.31. The molecule has 0 radical (unpaired) electrons. The van der Waals surface area contributed by atoms with Gasteiger partial charge in [0.15, 0.2) is 0 Å². The molecule has 0 atom stereocenters. The van der Waals surface area contributed by atoms with Crippen LogP contribution in [0.25, 0.3) is 0 Å². The lowest BCUT2D eigenvalue weighted by atomic mass is 10.2. The van der Waals surface area contributed by atoms with Crippen molar-refractivity contribution in [3.05, 3.63) is 68.4 Å². The third kappa shape index (κ3) is 3.05. The Labute approximate surface area is 113 Å². The number of rotatable bonds is 5. The van der Waals surface area contributed by atoms with Crippen molar-refractivity contribution in [2.75, 3.05) is 5.32 Å². The van der Waals surface area contributed by atoms with Crippen molar-refractivity contribution in [3.8, 4) is 0 Å². The summed E-state index contributed by atoms with van der Waals surface area (Å²) in [6, 6.07) is 8.82. The van der Waals surface area contributed by atoms with Gasteiger partial charge in [0.1, 0.15) is 5.82 Å². The van der Waals surface area contributed by atoms with Crippen LogP contribution in [0, 0.1) is 20.2 Å².